The van der Waals surface area contributed by atoms with Gasteiger partial charge in [-0.25, -0.2) is 0 Å². The lowest BCUT2D eigenvalue weighted by Gasteiger charge is -2.20. The van der Waals surface area contributed by atoms with Gasteiger partial charge >= 0.3 is 0 Å². The molecule has 2 saturated carbocycles. The standard InChI is InChI=1S/C17H23NO/c1-12-2-4-13(5-3-12)11-18-17(19)10-16-9-14-6-7-15(16)8-14/h2-5,14-16H,6-11H2,1H3,(H,18,19)/t14-,15+,16-/m0/s1. The number of benzene rings is 1. The van der Waals surface area contributed by atoms with Gasteiger partial charge in [-0.1, -0.05) is 36.2 Å². The predicted octanol–water partition coefficient (Wildman–Crippen LogP) is 3.44. The third-order valence-corrected chi connectivity index (χ3v) is 4.94. The van der Waals surface area contributed by atoms with Gasteiger partial charge in [0.15, 0.2) is 0 Å². The summed E-state index contributed by atoms with van der Waals surface area (Å²) >= 11 is 0. The van der Waals surface area contributed by atoms with Crippen LogP contribution in [0.4, 0.5) is 0 Å². The fourth-order valence-corrected chi connectivity index (χ4v) is 3.84. The highest BCUT2D eigenvalue weighted by Gasteiger charge is 2.39. The molecule has 0 heterocycles. The second-order valence-corrected chi connectivity index (χ2v) is 6.40. The molecule has 0 radical (unpaired) electrons. The fourth-order valence-electron chi connectivity index (χ4n) is 3.84. The van der Waals surface area contributed by atoms with Crippen molar-refractivity contribution >= 4 is 5.91 Å². The van der Waals surface area contributed by atoms with Crippen molar-refractivity contribution in [3.63, 3.8) is 0 Å². The van der Waals surface area contributed by atoms with Crippen molar-refractivity contribution in [2.45, 2.75) is 45.6 Å². The van der Waals surface area contributed by atoms with Crippen LogP contribution in [0.2, 0.25) is 0 Å². The maximum atomic E-state index is 12.0. The molecule has 2 heteroatoms. The Morgan fingerprint density at radius 2 is 2.00 bits per heavy atom. The van der Waals surface area contributed by atoms with Crippen LogP contribution < -0.4 is 5.32 Å². The van der Waals surface area contributed by atoms with Gasteiger partial charge in [0, 0.05) is 13.0 Å². The first-order valence-corrected chi connectivity index (χ1v) is 7.53. The van der Waals surface area contributed by atoms with Crippen LogP contribution in [0.3, 0.4) is 0 Å². The number of aryl methyl sites for hydroxylation is 1. The normalized spacial score (nSPS) is 28.6. The molecule has 1 N–H and O–H groups in total. The minimum atomic E-state index is 0.234. The average Bonchev–Trinajstić information content (AvgIpc) is 3.00. The van der Waals surface area contributed by atoms with Crippen LogP contribution in [0.1, 0.15) is 43.2 Å². The lowest BCUT2D eigenvalue weighted by molar-refractivity contribution is -0.122. The first-order chi connectivity index (χ1) is 9.20. The Kier molecular flexibility index (Phi) is 3.58. The summed E-state index contributed by atoms with van der Waals surface area (Å²) in [7, 11) is 0. The number of rotatable bonds is 4. The van der Waals surface area contributed by atoms with Gasteiger partial charge in [0.25, 0.3) is 0 Å². The summed E-state index contributed by atoms with van der Waals surface area (Å²) in [6.45, 7) is 2.75. The molecule has 102 valence electrons. The van der Waals surface area contributed by atoms with Gasteiger partial charge < -0.3 is 5.32 Å². The van der Waals surface area contributed by atoms with Crippen molar-refractivity contribution < 1.29 is 4.79 Å². The van der Waals surface area contributed by atoms with Crippen molar-refractivity contribution in [2.75, 3.05) is 0 Å². The number of amides is 1. The molecule has 2 nitrogen and oxygen atoms in total. The van der Waals surface area contributed by atoms with Crippen LogP contribution in [0.5, 0.6) is 0 Å². The molecule has 2 bridgehead atoms. The number of fused-ring (bicyclic) bond motifs is 2. The molecule has 1 aromatic rings. The second kappa shape index (κ2) is 5.36. The summed E-state index contributed by atoms with van der Waals surface area (Å²) in [6.07, 6.45) is 6.19. The SMILES string of the molecule is Cc1ccc(CNC(=O)C[C@@H]2C[C@H]3CC[C@@H]2C3)cc1. The van der Waals surface area contributed by atoms with E-state index < -0.39 is 0 Å². The zero-order valence-electron chi connectivity index (χ0n) is 11.7. The van der Waals surface area contributed by atoms with E-state index in [1.807, 2.05) is 0 Å². The number of hydrogen-bond donors (Lipinski definition) is 1. The molecule has 0 aliphatic heterocycles. The monoisotopic (exact) mass is 257 g/mol. The predicted molar refractivity (Wildman–Crippen MR) is 76.6 cm³/mol. The maximum absolute atomic E-state index is 12.0. The molecule has 19 heavy (non-hydrogen) atoms. The van der Waals surface area contributed by atoms with E-state index in [2.05, 4.69) is 36.5 Å². The van der Waals surface area contributed by atoms with E-state index in [1.165, 1.54) is 36.8 Å². The van der Waals surface area contributed by atoms with Crippen LogP contribution >= 0.6 is 0 Å². The first-order valence-electron chi connectivity index (χ1n) is 7.53. The lowest BCUT2D eigenvalue weighted by atomic mass is 9.86. The van der Waals surface area contributed by atoms with Gasteiger partial charge in [-0.15, -0.1) is 0 Å². The number of carbonyl (C=O) groups excluding carboxylic acids is 1. The Labute approximate surface area is 115 Å². The third-order valence-electron chi connectivity index (χ3n) is 4.94. The smallest absolute Gasteiger partial charge is 0.220 e. The summed E-state index contributed by atoms with van der Waals surface area (Å²) in [5.74, 6) is 2.67. The minimum Gasteiger partial charge on any atom is -0.352 e. The van der Waals surface area contributed by atoms with Crippen LogP contribution in [0.15, 0.2) is 24.3 Å². The van der Waals surface area contributed by atoms with Gasteiger partial charge in [0.1, 0.15) is 0 Å². The first kappa shape index (κ1) is 12.7. The largest absolute Gasteiger partial charge is 0.352 e. The Hall–Kier alpha value is -1.31. The van der Waals surface area contributed by atoms with Crippen LogP contribution in [-0.4, -0.2) is 5.91 Å². The molecular weight excluding hydrogens is 234 g/mol. The molecule has 3 rings (SSSR count). The molecule has 0 spiro atoms. The zero-order valence-corrected chi connectivity index (χ0v) is 11.7. The summed E-state index contributed by atoms with van der Waals surface area (Å²) in [5, 5.41) is 3.07. The van der Waals surface area contributed by atoms with Crippen molar-refractivity contribution in [2.24, 2.45) is 17.8 Å². The number of nitrogens with one attached hydrogen (secondary N) is 1. The van der Waals surface area contributed by atoms with E-state index in [0.717, 1.165) is 18.3 Å². The van der Waals surface area contributed by atoms with E-state index in [-0.39, 0.29) is 5.91 Å². The fraction of sp³-hybridized carbons (Fsp3) is 0.588. The van der Waals surface area contributed by atoms with E-state index in [9.17, 15) is 4.79 Å². The summed E-state index contributed by atoms with van der Waals surface area (Å²) < 4.78 is 0. The van der Waals surface area contributed by atoms with Gasteiger partial charge in [-0.05, 0) is 49.5 Å². The maximum Gasteiger partial charge on any atom is 0.220 e. The van der Waals surface area contributed by atoms with E-state index in [1.54, 1.807) is 0 Å². The summed E-state index contributed by atoms with van der Waals surface area (Å²) in [6, 6.07) is 8.37. The minimum absolute atomic E-state index is 0.234. The van der Waals surface area contributed by atoms with E-state index in [4.69, 9.17) is 0 Å². The van der Waals surface area contributed by atoms with E-state index in [0.29, 0.717) is 12.5 Å². The van der Waals surface area contributed by atoms with Gasteiger partial charge in [0.2, 0.25) is 5.91 Å². The molecule has 0 aromatic heterocycles. The molecule has 1 aromatic carbocycles. The molecule has 2 aliphatic rings. The molecule has 0 saturated heterocycles. The Balaban J connectivity index is 1.45. The van der Waals surface area contributed by atoms with Crippen LogP contribution in [0.25, 0.3) is 0 Å². The quantitative estimate of drug-likeness (QED) is 0.879. The van der Waals surface area contributed by atoms with Crippen molar-refractivity contribution in [1.29, 1.82) is 0 Å². The van der Waals surface area contributed by atoms with Crippen molar-refractivity contribution in [3.05, 3.63) is 35.4 Å². The van der Waals surface area contributed by atoms with Crippen molar-refractivity contribution in [1.82, 2.24) is 5.32 Å². The molecule has 2 fully saturated rings. The highest BCUT2D eigenvalue weighted by Crippen LogP contribution is 2.49. The Morgan fingerprint density at radius 3 is 2.63 bits per heavy atom. The lowest BCUT2D eigenvalue weighted by Crippen LogP contribution is -2.26. The molecular formula is C17H23NO. The molecule has 1 amide bonds. The molecule has 2 aliphatic carbocycles. The highest BCUT2D eigenvalue weighted by atomic mass is 16.1. The summed E-state index contributed by atoms with van der Waals surface area (Å²) in [5.41, 5.74) is 2.45. The summed E-state index contributed by atoms with van der Waals surface area (Å²) in [4.78, 5) is 12.0. The van der Waals surface area contributed by atoms with E-state index >= 15 is 0 Å². The van der Waals surface area contributed by atoms with Gasteiger partial charge in [-0.3, -0.25) is 4.79 Å². The second-order valence-electron chi connectivity index (χ2n) is 6.40. The van der Waals surface area contributed by atoms with Gasteiger partial charge in [-0.2, -0.15) is 0 Å². The van der Waals surface area contributed by atoms with Gasteiger partial charge in [0.05, 0.1) is 0 Å². The topological polar surface area (TPSA) is 29.1 Å². The van der Waals surface area contributed by atoms with Crippen LogP contribution in [-0.2, 0) is 11.3 Å². The average molecular weight is 257 g/mol. The number of carbonyl (C=O) groups is 1. The molecule has 0 unspecified atom stereocenters. The van der Waals surface area contributed by atoms with Crippen molar-refractivity contribution in [3.8, 4) is 0 Å². The number of hydrogen-bond acceptors (Lipinski definition) is 1. The molecule has 3 atom stereocenters. The van der Waals surface area contributed by atoms with Crippen LogP contribution in [0, 0.1) is 24.7 Å². The Bertz CT molecular complexity index is 451. The Morgan fingerprint density at radius 1 is 1.21 bits per heavy atom. The third kappa shape index (κ3) is 2.99. The highest BCUT2D eigenvalue weighted by molar-refractivity contribution is 5.76. The zero-order chi connectivity index (χ0) is 13.2.